The molecule has 2 rings (SSSR count). The van der Waals surface area contributed by atoms with Crippen LogP contribution in [0.3, 0.4) is 0 Å². The van der Waals surface area contributed by atoms with Crippen molar-refractivity contribution in [2.24, 2.45) is 0 Å². The van der Waals surface area contributed by atoms with Crippen LogP contribution in [-0.2, 0) is 16.4 Å². The summed E-state index contributed by atoms with van der Waals surface area (Å²) in [5, 5.41) is -0.280. The molecule has 4 nitrogen and oxygen atoms in total. The van der Waals surface area contributed by atoms with E-state index in [2.05, 4.69) is 4.98 Å². The van der Waals surface area contributed by atoms with Gasteiger partial charge in [-0.3, -0.25) is 0 Å². The Kier molecular flexibility index (Phi) is 3.86. The van der Waals surface area contributed by atoms with Crippen molar-refractivity contribution < 1.29 is 8.42 Å². The molecule has 2 aromatic rings. The van der Waals surface area contributed by atoms with E-state index in [9.17, 15) is 8.42 Å². The average Bonchev–Trinajstić information content (AvgIpc) is 2.67. The summed E-state index contributed by atoms with van der Waals surface area (Å²) in [4.78, 5) is 4.51. The zero-order valence-electron chi connectivity index (χ0n) is 12.1. The lowest BCUT2D eigenvalue weighted by Gasteiger charge is -2.25. The number of imidazole rings is 1. The van der Waals surface area contributed by atoms with E-state index in [0.717, 1.165) is 11.0 Å². The SMILES string of the molecule is CC(Cl)c1nc2ccccc2n1CC(C)(C)S(C)(=O)=O. The topological polar surface area (TPSA) is 52.0 Å². The number of hydrogen-bond donors (Lipinski definition) is 0. The fraction of sp³-hybridized carbons (Fsp3) is 0.500. The molecule has 110 valence electrons. The van der Waals surface area contributed by atoms with Crippen molar-refractivity contribution in [3.8, 4) is 0 Å². The average molecular weight is 315 g/mol. The number of rotatable bonds is 4. The van der Waals surface area contributed by atoms with E-state index in [-0.39, 0.29) is 5.38 Å². The predicted molar refractivity (Wildman–Crippen MR) is 82.9 cm³/mol. The second-order valence-corrected chi connectivity index (χ2v) is 9.00. The molecule has 0 aliphatic carbocycles. The summed E-state index contributed by atoms with van der Waals surface area (Å²) in [5.41, 5.74) is 1.74. The fourth-order valence-corrected chi connectivity index (χ4v) is 2.59. The van der Waals surface area contributed by atoms with Gasteiger partial charge < -0.3 is 4.57 Å². The lowest BCUT2D eigenvalue weighted by molar-refractivity contribution is 0.499. The summed E-state index contributed by atoms with van der Waals surface area (Å²) in [6, 6.07) is 7.66. The van der Waals surface area contributed by atoms with Gasteiger partial charge in [0.15, 0.2) is 9.84 Å². The zero-order valence-corrected chi connectivity index (χ0v) is 13.7. The number of hydrogen-bond acceptors (Lipinski definition) is 3. The van der Waals surface area contributed by atoms with Gasteiger partial charge >= 0.3 is 0 Å². The van der Waals surface area contributed by atoms with Gasteiger partial charge in [-0.25, -0.2) is 13.4 Å². The third-order valence-electron chi connectivity index (χ3n) is 3.58. The Labute approximate surface area is 124 Å². The summed E-state index contributed by atoms with van der Waals surface area (Å²) in [5.74, 6) is 0.699. The van der Waals surface area contributed by atoms with Crippen LogP contribution < -0.4 is 0 Å². The highest BCUT2D eigenvalue weighted by Crippen LogP contribution is 2.28. The maximum absolute atomic E-state index is 11.9. The van der Waals surface area contributed by atoms with Gasteiger partial charge in [-0.2, -0.15) is 0 Å². The van der Waals surface area contributed by atoms with Gasteiger partial charge in [0, 0.05) is 12.8 Å². The molecular weight excluding hydrogens is 296 g/mol. The number of para-hydroxylation sites is 2. The maximum atomic E-state index is 11.9. The van der Waals surface area contributed by atoms with Crippen molar-refractivity contribution in [3.05, 3.63) is 30.1 Å². The summed E-state index contributed by atoms with van der Waals surface area (Å²) in [6.07, 6.45) is 1.26. The number of sulfone groups is 1. The maximum Gasteiger partial charge on any atom is 0.154 e. The highest BCUT2D eigenvalue weighted by atomic mass is 35.5. The monoisotopic (exact) mass is 314 g/mol. The van der Waals surface area contributed by atoms with E-state index < -0.39 is 14.6 Å². The van der Waals surface area contributed by atoms with E-state index >= 15 is 0 Å². The zero-order chi connectivity index (χ0) is 15.1. The van der Waals surface area contributed by atoms with Gasteiger partial charge in [0.05, 0.1) is 21.2 Å². The van der Waals surface area contributed by atoms with Crippen LogP contribution in [0.5, 0.6) is 0 Å². The molecule has 1 heterocycles. The normalized spacial score (nSPS) is 14.7. The molecule has 0 saturated carbocycles. The molecule has 0 spiro atoms. The van der Waals surface area contributed by atoms with Gasteiger partial charge in [0.25, 0.3) is 0 Å². The fourth-order valence-electron chi connectivity index (χ4n) is 2.06. The van der Waals surface area contributed by atoms with E-state index in [1.165, 1.54) is 6.26 Å². The Morgan fingerprint density at radius 1 is 1.35 bits per heavy atom. The van der Waals surface area contributed by atoms with Gasteiger partial charge in [-0.05, 0) is 32.9 Å². The van der Waals surface area contributed by atoms with Gasteiger partial charge in [0.2, 0.25) is 0 Å². The lowest BCUT2D eigenvalue weighted by atomic mass is 10.2. The molecule has 0 N–H and O–H groups in total. The molecule has 6 heteroatoms. The van der Waals surface area contributed by atoms with Crippen LogP contribution in [0.2, 0.25) is 0 Å². The Bertz CT molecular complexity index is 733. The predicted octanol–water partition coefficient (Wildman–Crippen LogP) is 3.16. The Morgan fingerprint density at radius 2 is 1.95 bits per heavy atom. The van der Waals surface area contributed by atoms with Crippen molar-refractivity contribution in [1.82, 2.24) is 9.55 Å². The quantitative estimate of drug-likeness (QED) is 0.815. The second-order valence-electron chi connectivity index (χ2n) is 5.69. The van der Waals surface area contributed by atoms with Crippen LogP contribution in [0.1, 0.15) is 32.0 Å². The largest absolute Gasteiger partial charge is 0.325 e. The smallest absolute Gasteiger partial charge is 0.154 e. The summed E-state index contributed by atoms with van der Waals surface area (Å²) >= 11 is 6.19. The van der Waals surface area contributed by atoms with Crippen molar-refractivity contribution >= 4 is 32.5 Å². The molecule has 0 saturated heterocycles. The minimum absolute atomic E-state index is 0.280. The van der Waals surface area contributed by atoms with E-state index in [0.29, 0.717) is 12.4 Å². The van der Waals surface area contributed by atoms with Crippen molar-refractivity contribution in [1.29, 1.82) is 0 Å². The minimum Gasteiger partial charge on any atom is -0.325 e. The molecule has 0 amide bonds. The standard InChI is InChI=1S/C14H19ClN2O2S/c1-10(15)13-16-11-7-5-6-8-12(11)17(13)9-14(2,3)20(4,18)19/h5-8,10H,9H2,1-4H3. The van der Waals surface area contributed by atoms with Crippen LogP contribution in [-0.4, -0.2) is 29.0 Å². The van der Waals surface area contributed by atoms with Crippen LogP contribution in [0.25, 0.3) is 11.0 Å². The molecule has 1 unspecified atom stereocenters. The minimum atomic E-state index is -3.18. The van der Waals surface area contributed by atoms with Gasteiger partial charge in [0.1, 0.15) is 5.82 Å². The first kappa shape index (κ1) is 15.3. The lowest BCUT2D eigenvalue weighted by Crippen LogP contribution is -2.36. The molecule has 1 aromatic carbocycles. The number of fused-ring (bicyclic) bond motifs is 1. The summed E-state index contributed by atoms with van der Waals surface area (Å²) < 4.78 is 24.9. The molecule has 1 aromatic heterocycles. The number of alkyl halides is 1. The molecular formula is C14H19ClN2O2S. The number of aromatic nitrogens is 2. The summed E-state index contributed by atoms with van der Waals surface area (Å²) in [7, 11) is -3.18. The first-order chi connectivity index (χ1) is 9.13. The van der Waals surface area contributed by atoms with Crippen LogP contribution >= 0.6 is 11.6 Å². The first-order valence-corrected chi connectivity index (χ1v) is 8.75. The van der Waals surface area contributed by atoms with Crippen molar-refractivity contribution in [3.63, 3.8) is 0 Å². The Balaban J connectivity index is 2.61. The van der Waals surface area contributed by atoms with Crippen LogP contribution in [0.15, 0.2) is 24.3 Å². The molecule has 0 radical (unpaired) electrons. The second kappa shape index (κ2) is 5.04. The third kappa shape index (κ3) is 2.69. The van der Waals surface area contributed by atoms with Crippen molar-refractivity contribution in [2.75, 3.05) is 6.26 Å². The summed E-state index contributed by atoms with van der Waals surface area (Å²) in [6.45, 7) is 5.62. The number of nitrogens with zero attached hydrogens (tertiary/aromatic N) is 2. The highest BCUT2D eigenvalue weighted by molar-refractivity contribution is 7.92. The Hall–Kier alpha value is -1.07. The molecule has 1 atom stereocenters. The molecule has 0 aliphatic rings. The number of halogens is 1. The molecule has 0 fully saturated rings. The van der Waals surface area contributed by atoms with Gasteiger partial charge in [-0.15, -0.1) is 11.6 Å². The van der Waals surface area contributed by atoms with E-state index in [1.807, 2.05) is 35.8 Å². The van der Waals surface area contributed by atoms with Gasteiger partial charge in [-0.1, -0.05) is 12.1 Å². The van der Waals surface area contributed by atoms with E-state index in [1.54, 1.807) is 13.8 Å². The van der Waals surface area contributed by atoms with Crippen LogP contribution in [0.4, 0.5) is 0 Å². The number of benzene rings is 1. The van der Waals surface area contributed by atoms with E-state index in [4.69, 9.17) is 11.6 Å². The molecule has 0 aliphatic heterocycles. The van der Waals surface area contributed by atoms with Crippen molar-refractivity contribution in [2.45, 2.75) is 37.4 Å². The molecule has 20 heavy (non-hydrogen) atoms. The molecule has 0 bridgehead atoms. The van der Waals surface area contributed by atoms with Crippen LogP contribution in [0, 0.1) is 0 Å². The third-order valence-corrected chi connectivity index (χ3v) is 5.91. The Morgan fingerprint density at radius 3 is 2.50 bits per heavy atom. The highest BCUT2D eigenvalue weighted by Gasteiger charge is 2.32. The first-order valence-electron chi connectivity index (χ1n) is 6.42.